The van der Waals surface area contributed by atoms with Crippen LogP contribution in [-0.2, 0) is 11.8 Å². The number of hydrogen-bond donors (Lipinski definition) is 1. The number of unbranched alkanes of at least 4 members (excludes halogenated alkanes) is 5. The average Bonchev–Trinajstić information content (AvgIpc) is 3.20. The van der Waals surface area contributed by atoms with Crippen LogP contribution in [0.3, 0.4) is 0 Å². The second-order valence-electron chi connectivity index (χ2n) is 8.06. The molecule has 30 heavy (non-hydrogen) atoms. The minimum absolute atomic E-state index is 0.291. The van der Waals surface area contributed by atoms with Crippen molar-refractivity contribution in [2.24, 2.45) is 7.05 Å². The fourth-order valence-electron chi connectivity index (χ4n) is 4.39. The quantitative estimate of drug-likeness (QED) is 0.349. The third kappa shape index (κ3) is 5.58. The van der Waals surface area contributed by atoms with Gasteiger partial charge in [0.2, 0.25) is 0 Å². The molecule has 5 heteroatoms. The average molecular weight is 425 g/mol. The molecule has 0 saturated carbocycles. The van der Waals surface area contributed by atoms with Gasteiger partial charge in [0.15, 0.2) is 0 Å². The summed E-state index contributed by atoms with van der Waals surface area (Å²) in [5.41, 5.74) is 0. The summed E-state index contributed by atoms with van der Waals surface area (Å²) in [4.78, 5) is 10.6. The van der Waals surface area contributed by atoms with Gasteiger partial charge in [-0.2, -0.15) is 0 Å². The van der Waals surface area contributed by atoms with E-state index in [1.807, 2.05) is 11.7 Å². The summed E-state index contributed by atoms with van der Waals surface area (Å²) in [6.07, 6.45) is 12.2. The molecule has 0 atom stereocenters. The van der Waals surface area contributed by atoms with E-state index >= 15 is 0 Å². The summed E-state index contributed by atoms with van der Waals surface area (Å²) in [5, 5.41) is 17.5. The summed E-state index contributed by atoms with van der Waals surface area (Å²) in [6.45, 7) is 0. The van der Waals surface area contributed by atoms with Gasteiger partial charge in [0.05, 0.1) is 0 Å². The number of nitrogens with zero attached hydrogens (tertiary/aromatic N) is 2. The number of aromatic nitrogens is 2. The monoisotopic (exact) mass is 424 g/mol. The number of carboxylic acid groups (broad SMARTS) is 1. The molecule has 1 heterocycles. The Hall–Kier alpha value is -2.45. The van der Waals surface area contributed by atoms with Crippen LogP contribution in [-0.4, -0.2) is 27.0 Å². The first-order valence-corrected chi connectivity index (χ1v) is 13.2. The molecule has 3 rings (SSSR count). The van der Waals surface area contributed by atoms with E-state index in [4.69, 9.17) is 5.11 Å². The van der Waals surface area contributed by atoms with Crippen molar-refractivity contribution in [3.63, 3.8) is 0 Å². The van der Waals surface area contributed by atoms with E-state index in [1.54, 1.807) is 0 Å². The molecule has 0 bridgehead atoms. The van der Waals surface area contributed by atoms with Crippen molar-refractivity contribution in [2.45, 2.75) is 44.9 Å². The first-order chi connectivity index (χ1) is 14.6. The fraction of sp³-hybridized carbons (Fsp3) is 0.360. The van der Waals surface area contributed by atoms with Crippen molar-refractivity contribution in [1.82, 2.24) is 9.78 Å². The Morgan fingerprint density at radius 2 is 1.37 bits per heavy atom. The van der Waals surface area contributed by atoms with Gasteiger partial charge in [-0.3, -0.25) is 0 Å². The molecular weight excluding hydrogens is 391 g/mol. The number of aryl methyl sites for hydroxylation is 1. The second-order valence-corrected chi connectivity index (χ2v) is 12.1. The van der Waals surface area contributed by atoms with Crippen LogP contribution in [0.2, 0.25) is 0 Å². The molecule has 0 spiro atoms. The van der Waals surface area contributed by atoms with Crippen molar-refractivity contribution < 1.29 is 9.90 Å². The third-order valence-corrected chi connectivity index (χ3v) is 10.9. The van der Waals surface area contributed by atoms with E-state index in [1.165, 1.54) is 35.2 Å². The normalized spacial score (nSPS) is 12.0. The van der Waals surface area contributed by atoms with Gasteiger partial charge in [0.25, 0.3) is 0 Å². The molecule has 4 nitrogen and oxygen atoms in total. The number of carboxylic acids is 1. The number of benzene rings is 2. The van der Waals surface area contributed by atoms with Gasteiger partial charge in [0, 0.05) is 0 Å². The molecule has 0 aliphatic heterocycles. The van der Waals surface area contributed by atoms with Crippen molar-refractivity contribution in [1.29, 1.82) is 0 Å². The summed E-state index contributed by atoms with van der Waals surface area (Å²) in [5.74, 6) is -0.687. The molecule has 0 aliphatic rings. The molecule has 1 N–H and O–H groups in total. The standard InChI is InChI=1S/C25H33N2O2P/c1-27-21-24(20-26-27)30(22-14-8-6-9-15-22,23-16-10-7-11-17-23)19-13-5-3-2-4-12-18-25(28)29/h6-11,14-17,20-21,30H,2-5,12-13,18-19H2,1H3,(H,28,29). The van der Waals surface area contributed by atoms with E-state index in [2.05, 4.69) is 78.2 Å². The van der Waals surface area contributed by atoms with E-state index in [0.29, 0.717) is 6.42 Å². The summed E-state index contributed by atoms with van der Waals surface area (Å²) < 4.78 is 1.92. The Morgan fingerprint density at radius 3 is 1.87 bits per heavy atom. The van der Waals surface area contributed by atoms with Gasteiger partial charge in [-0.15, -0.1) is 0 Å². The van der Waals surface area contributed by atoms with Gasteiger partial charge in [-0.1, -0.05) is 0 Å². The maximum atomic E-state index is 10.6. The Labute approximate surface area is 180 Å². The molecule has 0 fully saturated rings. The molecule has 1 aromatic heterocycles. The molecule has 3 aromatic rings. The minimum atomic E-state index is -2.15. The van der Waals surface area contributed by atoms with Gasteiger partial charge >= 0.3 is 180 Å². The zero-order valence-electron chi connectivity index (χ0n) is 17.8. The van der Waals surface area contributed by atoms with Crippen LogP contribution in [0.4, 0.5) is 0 Å². The molecule has 160 valence electrons. The predicted octanol–water partition coefficient (Wildman–Crippen LogP) is 4.26. The Bertz CT molecular complexity index is 870. The maximum absolute atomic E-state index is 10.6. The Morgan fingerprint density at radius 1 is 0.833 bits per heavy atom. The Kier molecular flexibility index (Phi) is 8.21. The van der Waals surface area contributed by atoms with Gasteiger partial charge < -0.3 is 0 Å². The zero-order chi connectivity index (χ0) is 21.2. The molecule has 2 aromatic carbocycles. The first-order valence-electron chi connectivity index (χ1n) is 10.9. The number of aliphatic carboxylic acids is 1. The fourth-order valence-corrected chi connectivity index (χ4v) is 9.25. The molecule has 0 amide bonds. The first kappa shape index (κ1) is 22.2. The van der Waals surface area contributed by atoms with E-state index in [9.17, 15) is 4.79 Å². The predicted molar refractivity (Wildman–Crippen MR) is 128 cm³/mol. The van der Waals surface area contributed by atoms with Crippen LogP contribution in [0, 0.1) is 0 Å². The van der Waals surface area contributed by atoms with Crippen LogP contribution in [0.1, 0.15) is 44.9 Å². The SMILES string of the molecule is Cn1cc([PH](CCCCCCCCC(=O)O)(c2ccccc2)c2ccccc2)cn1. The molecule has 0 radical (unpaired) electrons. The summed E-state index contributed by atoms with van der Waals surface area (Å²) in [6, 6.07) is 21.9. The molecule has 0 saturated heterocycles. The van der Waals surface area contributed by atoms with Crippen LogP contribution in [0.5, 0.6) is 0 Å². The topological polar surface area (TPSA) is 55.1 Å². The van der Waals surface area contributed by atoms with E-state index in [-0.39, 0.29) is 0 Å². The summed E-state index contributed by atoms with van der Waals surface area (Å²) >= 11 is 0. The van der Waals surface area contributed by atoms with Crippen LogP contribution < -0.4 is 15.9 Å². The number of hydrogen-bond acceptors (Lipinski definition) is 2. The van der Waals surface area contributed by atoms with Gasteiger partial charge in [-0.25, -0.2) is 0 Å². The van der Waals surface area contributed by atoms with E-state index < -0.39 is 13.2 Å². The van der Waals surface area contributed by atoms with Gasteiger partial charge in [0.1, 0.15) is 0 Å². The zero-order valence-corrected chi connectivity index (χ0v) is 18.8. The van der Waals surface area contributed by atoms with Crippen molar-refractivity contribution in [3.8, 4) is 0 Å². The number of carbonyl (C=O) groups is 1. The van der Waals surface area contributed by atoms with Crippen molar-refractivity contribution in [2.75, 3.05) is 6.16 Å². The van der Waals surface area contributed by atoms with Crippen molar-refractivity contribution in [3.05, 3.63) is 73.1 Å². The molecule has 0 unspecified atom stereocenters. The van der Waals surface area contributed by atoms with Crippen molar-refractivity contribution >= 4 is 29.1 Å². The number of rotatable bonds is 12. The molecular formula is C25H33N2O2P. The molecule has 0 aliphatic carbocycles. The van der Waals surface area contributed by atoms with E-state index in [0.717, 1.165) is 25.4 Å². The van der Waals surface area contributed by atoms with Crippen LogP contribution in [0.25, 0.3) is 0 Å². The second kappa shape index (κ2) is 11.1. The van der Waals surface area contributed by atoms with Crippen LogP contribution >= 0.6 is 7.26 Å². The summed E-state index contributed by atoms with van der Waals surface area (Å²) in [7, 11) is -0.159. The Balaban J connectivity index is 1.79. The third-order valence-electron chi connectivity index (χ3n) is 5.92. The van der Waals surface area contributed by atoms with Crippen LogP contribution in [0.15, 0.2) is 73.1 Å². The van der Waals surface area contributed by atoms with Gasteiger partial charge in [-0.05, 0) is 0 Å².